The standard InChI is InChI=1S/C27H23ClN4.C25H17ClIN3/c1-2-29-26-23-19-30-25(28)18-24(23)32(31-26)27(20-12-6-3-7-13-20,21-14-8-4-9-15-21)22-16-10-5-11-17-22;26-23-16-22-21(17-28-23)24(27)29-30(22)25(18-10-4-1-5-11-18,19-12-6-2-7-13-19)20-14-8-3-9-15-20/h3-19H,2H2,1H3,(H,29,31);1-17H. The summed E-state index contributed by atoms with van der Waals surface area (Å²) in [5, 5.41) is 16.4. The number of aromatic nitrogens is 6. The Kier molecular flexibility index (Phi) is 11.9. The molecular weight excluding hydrogens is 920 g/mol. The SMILES string of the molecule is CCNc1nn(C(c2ccccc2)(c2ccccc2)c2ccccc2)c2cc(Cl)ncc12.Clc1cc2c(cn1)c(I)nn2C(c1ccccc1)(c1ccccc1)c1ccccc1. The van der Waals surface area contributed by atoms with Crippen LogP contribution in [0.15, 0.2) is 207 Å². The van der Waals surface area contributed by atoms with Crippen molar-refractivity contribution in [1.29, 1.82) is 0 Å². The van der Waals surface area contributed by atoms with E-state index in [1.165, 1.54) is 0 Å². The van der Waals surface area contributed by atoms with Gasteiger partial charge in [-0.05, 0) is 62.9 Å². The predicted octanol–water partition coefficient (Wildman–Crippen LogP) is 12.9. The maximum absolute atomic E-state index is 6.39. The summed E-state index contributed by atoms with van der Waals surface area (Å²) < 4.78 is 5.07. The molecule has 0 saturated carbocycles. The van der Waals surface area contributed by atoms with Gasteiger partial charge in [0.2, 0.25) is 0 Å². The largest absolute Gasteiger partial charge is 0.368 e. The van der Waals surface area contributed by atoms with E-state index >= 15 is 0 Å². The average molecular weight is 961 g/mol. The molecule has 0 fully saturated rings. The number of hydrogen-bond acceptors (Lipinski definition) is 5. The fraction of sp³-hybridized carbons (Fsp3) is 0.0769. The molecule has 0 aliphatic heterocycles. The molecule has 0 bridgehead atoms. The number of pyridine rings is 2. The number of nitrogens with one attached hydrogen (secondary N) is 1. The molecule has 1 N–H and O–H groups in total. The van der Waals surface area contributed by atoms with Crippen molar-refractivity contribution in [2.45, 2.75) is 18.0 Å². The predicted molar refractivity (Wildman–Crippen MR) is 261 cm³/mol. The molecule has 0 unspecified atom stereocenters. The zero-order valence-electron chi connectivity index (χ0n) is 33.7. The van der Waals surface area contributed by atoms with E-state index in [9.17, 15) is 0 Å². The summed E-state index contributed by atoms with van der Waals surface area (Å²) in [4.78, 5) is 8.63. The summed E-state index contributed by atoms with van der Waals surface area (Å²) in [6.45, 7) is 2.82. The highest BCUT2D eigenvalue weighted by Crippen LogP contribution is 2.45. The number of hydrogen-bond donors (Lipinski definition) is 1. The van der Waals surface area contributed by atoms with Crippen molar-refractivity contribution in [2.75, 3.05) is 11.9 Å². The van der Waals surface area contributed by atoms with Crippen molar-refractivity contribution in [1.82, 2.24) is 29.5 Å². The number of halogens is 3. The Bertz CT molecular complexity index is 2860. The van der Waals surface area contributed by atoms with E-state index in [1.807, 2.05) is 48.5 Å². The fourth-order valence-corrected chi connectivity index (χ4v) is 9.49. The zero-order chi connectivity index (χ0) is 42.5. The molecule has 304 valence electrons. The average Bonchev–Trinajstić information content (AvgIpc) is 3.85. The van der Waals surface area contributed by atoms with Crippen LogP contribution >= 0.6 is 45.8 Å². The molecule has 0 saturated heterocycles. The maximum atomic E-state index is 6.39. The van der Waals surface area contributed by atoms with Gasteiger partial charge in [0.15, 0.2) is 5.82 Å². The Labute approximate surface area is 384 Å². The van der Waals surface area contributed by atoms with Crippen LogP contribution in [0, 0.1) is 3.70 Å². The first-order valence-electron chi connectivity index (χ1n) is 20.3. The molecule has 10 heteroatoms. The third-order valence-electron chi connectivity index (χ3n) is 11.1. The Balaban J connectivity index is 0.000000158. The lowest BCUT2D eigenvalue weighted by atomic mass is 9.77. The highest BCUT2D eigenvalue weighted by atomic mass is 127. The van der Waals surface area contributed by atoms with Crippen molar-refractivity contribution in [3.8, 4) is 0 Å². The Morgan fingerprint density at radius 1 is 0.468 bits per heavy atom. The molecule has 62 heavy (non-hydrogen) atoms. The third-order valence-corrected chi connectivity index (χ3v) is 12.4. The summed E-state index contributed by atoms with van der Waals surface area (Å²) in [6.07, 6.45) is 3.60. The summed E-state index contributed by atoms with van der Waals surface area (Å²) in [5.74, 6) is 0.791. The molecule has 0 amide bonds. The molecular formula is C52H40Cl2IN7. The first-order chi connectivity index (χ1) is 30.5. The smallest absolute Gasteiger partial charge is 0.157 e. The summed E-state index contributed by atoms with van der Waals surface area (Å²) in [6, 6.07) is 66.7. The van der Waals surface area contributed by atoms with Gasteiger partial charge >= 0.3 is 0 Å². The maximum Gasteiger partial charge on any atom is 0.157 e. The Morgan fingerprint density at radius 3 is 1.11 bits per heavy atom. The first kappa shape index (κ1) is 41.0. The number of nitrogens with zero attached hydrogens (tertiary/aromatic N) is 6. The Hall–Kier alpha value is -6.33. The van der Waals surface area contributed by atoms with Gasteiger partial charge in [0.1, 0.15) is 25.1 Å². The second-order valence-corrected chi connectivity index (χ2v) is 16.5. The number of benzene rings is 6. The van der Waals surface area contributed by atoms with Crippen LogP contribution in [0.2, 0.25) is 10.3 Å². The quantitative estimate of drug-likeness (QED) is 0.0840. The number of anilines is 1. The van der Waals surface area contributed by atoms with Gasteiger partial charge in [0.25, 0.3) is 0 Å². The lowest BCUT2D eigenvalue weighted by Gasteiger charge is -2.37. The van der Waals surface area contributed by atoms with E-state index in [0.717, 1.165) is 71.2 Å². The highest BCUT2D eigenvalue weighted by molar-refractivity contribution is 14.1. The van der Waals surface area contributed by atoms with E-state index < -0.39 is 11.1 Å². The minimum absolute atomic E-state index is 0.435. The molecule has 6 aromatic carbocycles. The van der Waals surface area contributed by atoms with E-state index in [-0.39, 0.29) is 0 Å². The molecule has 4 heterocycles. The summed E-state index contributed by atoms with van der Waals surface area (Å²) in [7, 11) is 0. The van der Waals surface area contributed by atoms with Crippen LogP contribution in [0.4, 0.5) is 5.82 Å². The van der Waals surface area contributed by atoms with Crippen LogP contribution < -0.4 is 5.32 Å². The summed E-state index contributed by atoms with van der Waals surface area (Å²) in [5.41, 5.74) is 7.17. The van der Waals surface area contributed by atoms with Gasteiger partial charge in [-0.25, -0.2) is 19.3 Å². The molecule has 10 rings (SSSR count). The van der Waals surface area contributed by atoms with Crippen molar-refractivity contribution < 1.29 is 0 Å². The van der Waals surface area contributed by atoms with Crippen molar-refractivity contribution in [3.05, 3.63) is 254 Å². The van der Waals surface area contributed by atoms with Crippen LogP contribution in [-0.2, 0) is 11.1 Å². The second kappa shape index (κ2) is 17.9. The summed E-state index contributed by atoms with van der Waals surface area (Å²) >= 11 is 15.0. The highest BCUT2D eigenvalue weighted by Gasteiger charge is 2.42. The first-order valence-corrected chi connectivity index (χ1v) is 22.1. The molecule has 10 aromatic rings. The van der Waals surface area contributed by atoms with Gasteiger partial charge in [-0.3, -0.25) is 0 Å². The van der Waals surface area contributed by atoms with Crippen molar-refractivity contribution in [2.24, 2.45) is 0 Å². The molecule has 7 nitrogen and oxygen atoms in total. The lowest BCUT2D eigenvalue weighted by Crippen LogP contribution is -2.38. The zero-order valence-corrected chi connectivity index (χ0v) is 37.3. The lowest BCUT2D eigenvalue weighted by molar-refractivity contribution is 0.473. The molecule has 0 aliphatic carbocycles. The molecule has 4 aromatic heterocycles. The fourth-order valence-electron chi connectivity index (χ4n) is 8.55. The van der Waals surface area contributed by atoms with Gasteiger partial charge in [-0.15, -0.1) is 0 Å². The third kappa shape index (κ3) is 7.31. The van der Waals surface area contributed by atoms with E-state index in [2.05, 4.69) is 200 Å². The van der Waals surface area contributed by atoms with Crippen molar-refractivity contribution in [3.63, 3.8) is 0 Å². The monoisotopic (exact) mass is 959 g/mol. The van der Waals surface area contributed by atoms with Gasteiger partial charge in [0, 0.05) is 31.1 Å². The molecule has 0 radical (unpaired) electrons. The topological polar surface area (TPSA) is 73.5 Å². The minimum Gasteiger partial charge on any atom is -0.368 e. The van der Waals surface area contributed by atoms with E-state index in [4.69, 9.17) is 33.4 Å². The van der Waals surface area contributed by atoms with E-state index in [1.54, 1.807) is 12.4 Å². The van der Waals surface area contributed by atoms with Crippen LogP contribution in [0.1, 0.15) is 40.3 Å². The van der Waals surface area contributed by atoms with Gasteiger partial charge in [-0.1, -0.05) is 205 Å². The van der Waals surface area contributed by atoms with Crippen LogP contribution in [-0.4, -0.2) is 36.1 Å². The van der Waals surface area contributed by atoms with E-state index in [0.29, 0.717) is 10.3 Å². The van der Waals surface area contributed by atoms with Gasteiger partial charge in [-0.2, -0.15) is 10.2 Å². The molecule has 0 atom stereocenters. The van der Waals surface area contributed by atoms with Crippen molar-refractivity contribution >= 4 is 73.4 Å². The van der Waals surface area contributed by atoms with Gasteiger partial charge in [0.05, 0.1) is 21.8 Å². The second-order valence-electron chi connectivity index (χ2n) is 14.7. The van der Waals surface area contributed by atoms with Crippen LogP contribution in [0.25, 0.3) is 21.8 Å². The van der Waals surface area contributed by atoms with Gasteiger partial charge < -0.3 is 5.32 Å². The molecule has 0 spiro atoms. The normalized spacial score (nSPS) is 11.6. The number of rotatable bonds is 10. The molecule has 0 aliphatic rings. The number of fused-ring (bicyclic) bond motifs is 2. The Morgan fingerprint density at radius 2 is 0.774 bits per heavy atom. The minimum atomic E-state index is -0.708. The van der Waals surface area contributed by atoms with Crippen LogP contribution in [0.5, 0.6) is 0 Å². The van der Waals surface area contributed by atoms with Crippen LogP contribution in [0.3, 0.4) is 0 Å².